The largest absolute Gasteiger partial charge is 0.399 e. The first-order valence-electron chi connectivity index (χ1n) is 7.67. The third kappa shape index (κ3) is 2.63. The predicted molar refractivity (Wildman–Crippen MR) is 92.5 cm³/mol. The molecule has 0 heterocycles. The Balaban J connectivity index is 2.63. The molecule has 0 fully saturated rings. The lowest BCUT2D eigenvalue weighted by Gasteiger charge is -2.34. The molecule has 4 N–H and O–H groups in total. The van der Waals surface area contributed by atoms with Gasteiger partial charge in [0.1, 0.15) is 0 Å². The third-order valence-electron chi connectivity index (χ3n) is 4.85. The number of nitrogens with two attached hydrogens (primary N) is 2. The van der Waals surface area contributed by atoms with Crippen LogP contribution in [0.1, 0.15) is 48.9 Å². The molecule has 0 radical (unpaired) electrons. The summed E-state index contributed by atoms with van der Waals surface area (Å²) < 4.78 is 0. The second-order valence-corrected chi connectivity index (χ2v) is 5.93. The molecule has 21 heavy (non-hydrogen) atoms. The maximum atomic E-state index is 5.98. The molecule has 0 aliphatic carbocycles. The van der Waals surface area contributed by atoms with Crippen molar-refractivity contribution < 1.29 is 0 Å². The van der Waals surface area contributed by atoms with E-state index >= 15 is 0 Å². The number of nitrogen functional groups attached to an aromatic ring is 2. The van der Waals surface area contributed by atoms with Gasteiger partial charge in [-0.2, -0.15) is 0 Å². The third-order valence-corrected chi connectivity index (χ3v) is 4.85. The molecule has 2 aromatic rings. The molecule has 2 nitrogen and oxygen atoms in total. The van der Waals surface area contributed by atoms with Gasteiger partial charge in [-0.15, -0.1) is 0 Å². The monoisotopic (exact) mass is 282 g/mol. The molecule has 0 bridgehead atoms. The average molecular weight is 282 g/mol. The minimum atomic E-state index is 0.0247. The number of hydrogen-bond donors (Lipinski definition) is 2. The molecule has 0 spiro atoms. The van der Waals surface area contributed by atoms with Crippen molar-refractivity contribution in [1.82, 2.24) is 0 Å². The van der Waals surface area contributed by atoms with Crippen molar-refractivity contribution in [3.8, 4) is 0 Å². The van der Waals surface area contributed by atoms with E-state index in [9.17, 15) is 0 Å². The smallest absolute Gasteiger partial charge is 0.0343 e. The van der Waals surface area contributed by atoms with Gasteiger partial charge in [0.05, 0.1) is 0 Å². The normalized spacial score (nSPS) is 11.6. The molecule has 0 atom stereocenters. The van der Waals surface area contributed by atoms with E-state index in [1.807, 2.05) is 12.1 Å². The van der Waals surface area contributed by atoms with E-state index in [4.69, 9.17) is 11.5 Å². The molecule has 2 rings (SSSR count). The van der Waals surface area contributed by atoms with Crippen molar-refractivity contribution in [1.29, 1.82) is 0 Å². The fraction of sp³-hybridized carbons (Fsp3) is 0.368. The molecule has 0 amide bonds. The molecule has 0 unspecified atom stereocenters. The predicted octanol–water partition coefficient (Wildman–Crippen LogP) is 4.57. The summed E-state index contributed by atoms with van der Waals surface area (Å²) in [5.41, 5.74) is 18.7. The fourth-order valence-electron chi connectivity index (χ4n) is 3.18. The van der Waals surface area contributed by atoms with Gasteiger partial charge < -0.3 is 11.5 Å². The highest BCUT2D eigenvalue weighted by Crippen LogP contribution is 2.40. The van der Waals surface area contributed by atoms with E-state index in [0.29, 0.717) is 0 Å². The van der Waals surface area contributed by atoms with Gasteiger partial charge in [0.25, 0.3) is 0 Å². The Morgan fingerprint density at radius 1 is 0.762 bits per heavy atom. The van der Waals surface area contributed by atoms with Crippen molar-refractivity contribution in [2.45, 2.75) is 46.0 Å². The summed E-state index contributed by atoms with van der Waals surface area (Å²) in [6.07, 6.45) is 2.10. The summed E-state index contributed by atoms with van der Waals surface area (Å²) in [4.78, 5) is 0. The zero-order chi connectivity index (χ0) is 15.6. The minimum absolute atomic E-state index is 0.0247. The minimum Gasteiger partial charge on any atom is -0.399 e. The number of anilines is 2. The Morgan fingerprint density at radius 2 is 1.14 bits per heavy atom. The number of hydrogen-bond acceptors (Lipinski definition) is 2. The van der Waals surface area contributed by atoms with E-state index in [0.717, 1.165) is 35.3 Å². The first kappa shape index (κ1) is 15.4. The van der Waals surface area contributed by atoms with Crippen LogP contribution in [-0.2, 0) is 5.41 Å². The van der Waals surface area contributed by atoms with Crippen LogP contribution < -0.4 is 11.5 Å². The van der Waals surface area contributed by atoms with Crippen LogP contribution in [0.5, 0.6) is 0 Å². The van der Waals surface area contributed by atoms with E-state index in [1.165, 1.54) is 11.1 Å². The van der Waals surface area contributed by atoms with Crippen LogP contribution in [0.4, 0.5) is 11.4 Å². The Labute approximate surface area is 128 Å². The lowest BCUT2D eigenvalue weighted by atomic mass is 9.70. The molecule has 0 saturated heterocycles. The van der Waals surface area contributed by atoms with E-state index < -0.39 is 0 Å². The number of rotatable bonds is 4. The standard InChI is InChI=1S/C19H26N2/c1-5-19(6-2,15-7-9-17(20)13(3)11-15)16-8-10-18(21)14(4)12-16/h7-12H,5-6,20-21H2,1-4H3. The van der Waals surface area contributed by atoms with E-state index in [2.05, 4.69) is 52.0 Å². The second-order valence-electron chi connectivity index (χ2n) is 5.93. The highest BCUT2D eigenvalue weighted by Gasteiger charge is 2.31. The molecular weight excluding hydrogens is 256 g/mol. The van der Waals surface area contributed by atoms with E-state index in [-0.39, 0.29) is 5.41 Å². The van der Waals surface area contributed by atoms with Crippen LogP contribution in [0, 0.1) is 13.8 Å². The van der Waals surface area contributed by atoms with Gasteiger partial charge in [-0.1, -0.05) is 38.1 Å². The molecule has 0 aliphatic heterocycles. The Hall–Kier alpha value is -1.96. The van der Waals surface area contributed by atoms with Gasteiger partial charge in [0.15, 0.2) is 0 Å². The SMILES string of the molecule is CCC(CC)(c1ccc(N)c(C)c1)c1ccc(N)c(C)c1. The van der Waals surface area contributed by atoms with Crippen molar-refractivity contribution in [3.63, 3.8) is 0 Å². The molecule has 2 aromatic carbocycles. The summed E-state index contributed by atoms with van der Waals surface area (Å²) in [6.45, 7) is 8.65. The van der Waals surface area contributed by atoms with Gasteiger partial charge in [-0.25, -0.2) is 0 Å². The van der Waals surface area contributed by atoms with E-state index in [1.54, 1.807) is 0 Å². The fourth-order valence-corrected chi connectivity index (χ4v) is 3.18. The lowest BCUT2D eigenvalue weighted by Crippen LogP contribution is -2.26. The first-order valence-corrected chi connectivity index (χ1v) is 7.67. The van der Waals surface area contributed by atoms with Crippen molar-refractivity contribution in [2.24, 2.45) is 0 Å². The Kier molecular flexibility index (Phi) is 4.26. The van der Waals surface area contributed by atoms with Crippen LogP contribution in [0.15, 0.2) is 36.4 Å². The topological polar surface area (TPSA) is 52.0 Å². The quantitative estimate of drug-likeness (QED) is 0.807. The molecule has 0 aliphatic rings. The van der Waals surface area contributed by atoms with Crippen molar-refractivity contribution >= 4 is 11.4 Å². The highest BCUT2D eigenvalue weighted by atomic mass is 14.6. The number of benzene rings is 2. The van der Waals surface area contributed by atoms with Gasteiger partial charge in [0, 0.05) is 16.8 Å². The summed E-state index contributed by atoms with van der Waals surface area (Å²) in [6, 6.07) is 12.8. The second kappa shape index (κ2) is 5.80. The highest BCUT2D eigenvalue weighted by molar-refractivity contribution is 5.54. The lowest BCUT2D eigenvalue weighted by molar-refractivity contribution is 0.478. The molecule has 112 valence electrons. The maximum absolute atomic E-state index is 5.98. The van der Waals surface area contributed by atoms with Gasteiger partial charge in [-0.3, -0.25) is 0 Å². The first-order chi connectivity index (χ1) is 9.94. The molecule has 2 heteroatoms. The van der Waals surface area contributed by atoms with Gasteiger partial charge in [-0.05, 0) is 61.1 Å². The number of aryl methyl sites for hydroxylation is 2. The summed E-state index contributed by atoms with van der Waals surface area (Å²) >= 11 is 0. The summed E-state index contributed by atoms with van der Waals surface area (Å²) in [5.74, 6) is 0. The summed E-state index contributed by atoms with van der Waals surface area (Å²) in [5, 5.41) is 0. The van der Waals surface area contributed by atoms with Crippen LogP contribution in [-0.4, -0.2) is 0 Å². The van der Waals surface area contributed by atoms with Gasteiger partial charge >= 0.3 is 0 Å². The molecule has 0 saturated carbocycles. The maximum Gasteiger partial charge on any atom is 0.0343 e. The van der Waals surface area contributed by atoms with Crippen molar-refractivity contribution in [2.75, 3.05) is 11.5 Å². The average Bonchev–Trinajstić information content (AvgIpc) is 2.48. The van der Waals surface area contributed by atoms with Crippen molar-refractivity contribution in [3.05, 3.63) is 58.7 Å². The Bertz CT molecular complexity index is 587. The summed E-state index contributed by atoms with van der Waals surface area (Å²) in [7, 11) is 0. The van der Waals surface area contributed by atoms with Gasteiger partial charge in [0.2, 0.25) is 0 Å². The van der Waals surface area contributed by atoms with Crippen LogP contribution >= 0.6 is 0 Å². The van der Waals surface area contributed by atoms with Crippen LogP contribution in [0.3, 0.4) is 0 Å². The molecular formula is C19H26N2. The van der Waals surface area contributed by atoms with Crippen LogP contribution in [0.2, 0.25) is 0 Å². The zero-order valence-electron chi connectivity index (χ0n) is 13.5. The van der Waals surface area contributed by atoms with Crippen LogP contribution in [0.25, 0.3) is 0 Å². The zero-order valence-corrected chi connectivity index (χ0v) is 13.5. The molecule has 0 aromatic heterocycles. The Morgan fingerprint density at radius 3 is 1.43 bits per heavy atom.